The zero-order valence-corrected chi connectivity index (χ0v) is 53.9. The standard InChI is InChI=1S/C78H84BN3OS/c1-73(2,3)49-23-33-55(34-24-49)80(56-35-25-50(26-36-56)74(4,5)6)59-46-66-72-68(47-59)83-67-42-32-54(78(16,17)18)44-63(67)79(72)62-43-53(77(13,14)15)31-41-64(62)82(66)65-45-60(48-70-71(65)61-21-19-20-22-69(61)84-70)81(57-37-27-51(28-38-57)75(7,8)9)58-39-29-52(30-40-58)76(10,11)12/h19-48H,1-18H3. The summed E-state index contributed by atoms with van der Waals surface area (Å²) < 4.78 is 9.99. The van der Waals surface area contributed by atoms with Crippen LogP contribution in [0.4, 0.5) is 51.2 Å². The summed E-state index contributed by atoms with van der Waals surface area (Å²) in [5.74, 6) is 1.77. The third-order valence-electron chi connectivity index (χ3n) is 17.7. The van der Waals surface area contributed by atoms with Gasteiger partial charge in [-0.1, -0.05) is 216 Å². The summed E-state index contributed by atoms with van der Waals surface area (Å²) in [5.41, 5.74) is 21.1. The van der Waals surface area contributed by atoms with Crippen LogP contribution in [-0.2, 0) is 32.5 Å². The first kappa shape index (κ1) is 56.9. The van der Waals surface area contributed by atoms with E-state index in [0.29, 0.717) is 0 Å². The topological polar surface area (TPSA) is 19.0 Å². The number of hydrogen-bond acceptors (Lipinski definition) is 5. The van der Waals surface area contributed by atoms with Crippen molar-refractivity contribution in [1.82, 2.24) is 0 Å². The average molecular weight is 1120 g/mol. The van der Waals surface area contributed by atoms with Gasteiger partial charge in [0, 0.05) is 66.1 Å². The summed E-state index contributed by atoms with van der Waals surface area (Å²) in [6.45, 7) is 41.4. The van der Waals surface area contributed by atoms with Crippen molar-refractivity contribution in [3.63, 3.8) is 0 Å². The minimum Gasteiger partial charge on any atom is -0.458 e. The molecule has 0 atom stereocenters. The minimum absolute atomic E-state index is 0.000786. The van der Waals surface area contributed by atoms with E-state index in [2.05, 4.69) is 321 Å². The van der Waals surface area contributed by atoms with Gasteiger partial charge in [-0.25, -0.2) is 0 Å². The average Bonchev–Trinajstić information content (AvgIpc) is 0.986. The van der Waals surface area contributed by atoms with Gasteiger partial charge in [0.15, 0.2) is 0 Å². The van der Waals surface area contributed by atoms with Crippen molar-refractivity contribution in [2.24, 2.45) is 0 Å². The van der Waals surface area contributed by atoms with Crippen LogP contribution in [0.15, 0.2) is 182 Å². The molecule has 0 saturated heterocycles. The van der Waals surface area contributed by atoms with Gasteiger partial charge in [0.2, 0.25) is 0 Å². The summed E-state index contributed by atoms with van der Waals surface area (Å²) >= 11 is 1.88. The first-order chi connectivity index (χ1) is 39.4. The molecular formula is C78H84BN3OS. The molecular weight excluding hydrogens is 1040 g/mol. The van der Waals surface area contributed by atoms with Crippen molar-refractivity contribution < 1.29 is 4.74 Å². The molecule has 6 heteroatoms. The Bertz CT molecular complexity index is 4030. The van der Waals surface area contributed by atoms with E-state index in [0.717, 1.165) is 62.7 Å². The smallest absolute Gasteiger partial charge is 0.256 e. The van der Waals surface area contributed by atoms with Gasteiger partial charge in [-0.2, -0.15) is 0 Å². The van der Waals surface area contributed by atoms with Crippen molar-refractivity contribution >= 4 is 106 Å². The van der Waals surface area contributed by atoms with E-state index in [4.69, 9.17) is 4.74 Å². The first-order valence-electron chi connectivity index (χ1n) is 30.3. The molecule has 0 radical (unpaired) electrons. The lowest BCUT2D eigenvalue weighted by atomic mass is 9.33. The third kappa shape index (κ3) is 10.3. The predicted molar refractivity (Wildman–Crippen MR) is 367 cm³/mol. The van der Waals surface area contributed by atoms with Crippen LogP contribution in [0.5, 0.6) is 11.5 Å². The van der Waals surface area contributed by atoms with Crippen LogP contribution in [0.25, 0.3) is 20.2 Å². The molecule has 12 rings (SSSR count). The van der Waals surface area contributed by atoms with E-state index in [1.807, 2.05) is 11.3 Å². The highest BCUT2D eigenvalue weighted by Crippen LogP contribution is 2.53. The molecule has 0 fully saturated rings. The van der Waals surface area contributed by atoms with Gasteiger partial charge in [-0.3, -0.25) is 0 Å². The molecule has 0 unspecified atom stereocenters. The fourth-order valence-corrected chi connectivity index (χ4v) is 13.7. The van der Waals surface area contributed by atoms with Crippen LogP contribution in [0.3, 0.4) is 0 Å². The van der Waals surface area contributed by atoms with Crippen molar-refractivity contribution in [3.8, 4) is 11.5 Å². The molecule has 0 aliphatic carbocycles. The molecule has 0 spiro atoms. The van der Waals surface area contributed by atoms with Crippen LogP contribution in [0.2, 0.25) is 0 Å². The molecule has 0 amide bonds. The highest BCUT2D eigenvalue weighted by atomic mass is 32.1. The third-order valence-corrected chi connectivity index (χ3v) is 18.8. The molecule has 426 valence electrons. The molecule has 4 nitrogen and oxygen atoms in total. The van der Waals surface area contributed by atoms with Crippen molar-refractivity contribution in [2.75, 3.05) is 14.7 Å². The maximum Gasteiger partial charge on any atom is 0.256 e. The second-order valence-corrected chi connectivity index (χ2v) is 31.2. The van der Waals surface area contributed by atoms with Crippen molar-refractivity contribution in [3.05, 3.63) is 215 Å². The van der Waals surface area contributed by atoms with E-state index >= 15 is 0 Å². The number of benzene rings is 9. The molecule has 1 aromatic heterocycles. The Kier molecular flexibility index (Phi) is 13.6. The van der Waals surface area contributed by atoms with E-state index in [1.54, 1.807) is 0 Å². The second kappa shape index (κ2) is 20.1. The van der Waals surface area contributed by atoms with Gasteiger partial charge >= 0.3 is 0 Å². The quantitative estimate of drug-likeness (QED) is 0.148. The SMILES string of the molecule is CC(C)(C)c1ccc(N(c2ccc(C(C)(C)C)cc2)c2cc3c4c(c2)N(c2cc(N(c5ccc(C(C)(C)C)cc5)c5ccc(C(C)(C)C)cc5)cc5sc6ccccc6c25)c2ccc(C(C)(C)C)cc2B4c2cc(C(C)(C)C)ccc2O3)cc1. The fourth-order valence-electron chi connectivity index (χ4n) is 12.5. The summed E-state index contributed by atoms with van der Waals surface area (Å²) in [6, 6.07) is 70.0. The predicted octanol–water partition coefficient (Wildman–Crippen LogP) is 21.2. The zero-order chi connectivity index (χ0) is 59.8. The Hall–Kier alpha value is -7.54. The number of anilines is 9. The highest BCUT2D eigenvalue weighted by Gasteiger charge is 2.44. The van der Waals surface area contributed by atoms with Crippen LogP contribution < -0.4 is 35.8 Å². The van der Waals surface area contributed by atoms with E-state index in [1.165, 1.54) is 69.9 Å². The van der Waals surface area contributed by atoms with E-state index in [9.17, 15) is 0 Å². The Labute approximate surface area is 506 Å². The molecule has 84 heavy (non-hydrogen) atoms. The van der Waals surface area contributed by atoms with Gasteiger partial charge in [0.05, 0.1) is 11.4 Å². The molecule has 0 bridgehead atoms. The molecule has 0 saturated carbocycles. The lowest BCUT2D eigenvalue weighted by Crippen LogP contribution is -2.60. The van der Waals surface area contributed by atoms with Gasteiger partial charge < -0.3 is 19.4 Å². The lowest BCUT2D eigenvalue weighted by Gasteiger charge is -2.42. The summed E-state index contributed by atoms with van der Waals surface area (Å²) in [4.78, 5) is 7.55. The molecule has 9 aromatic carbocycles. The van der Waals surface area contributed by atoms with Gasteiger partial charge in [0.25, 0.3) is 6.71 Å². The largest absolute Gasteiger partial charge is 0.458 e. The Morgan fingerprint density at radius 2 is 0.726 bits per heavy atom. The highest BCUT2D eigenvalue weighted by molar-refractivity contribution is 7.26. The number of hydrogen-bond donors (Lipinski definition) is 0. The maximum atomic E-state index is 7.51. The molecule has 2 aliphatic rings. The fraction of sp³-hybridized carbons (Fsp3) is 0.308. The molecule has 3 heterocycles. The maximum absolute atomic E-state index is 7.51. The summed E-state index contributed by atoms with van der Waals surface area (Å²) in [5, 5.41) is 2.47. The van der Waals surface area contributed by atoms with Crippen molar-refractivity contribution in [2.45, 2.75) is 157 Å². The monoisotopic (exact) mass is 1120 g/mol. The summed E-state index contributed by atoms with van der Waals surface area (Å²) in [6.07, 6.45) is 0. The Balaban J connectivity index is 1.20. The Morgan fingerprint density at radius 3 is 1.18 bits per heavy atom. The number of thiophene rings is 1. The molecule has 10 aromatic rings. The minimum atomic E-state index is -0.119. The van der Waals surface area contributed by atoms with Crippen molar-refractivity contribution in [1.29, 1.82) is 0 Å². The van der Waals surface area contributed by atoms with Crippen LogP contribution in [0, 0.1) is 0 Å². The lowest BCUT2D eigenvalue weighted by molar-refractivity contribution is 0.486. The van der Waals surface area contributed by atoms with Crippen LogP contribution in [-0.4, -0.2) is 6.71 Å². The number of rotatable bonds is 7. The normalized spacial score (nSPS) is 13.6. The number of ether oxygens (including phenoxy) is 1. The van der Waals surface area contributed by atoms with E-state index < -0.39 is 0 Å². The molecule has 2 aliphatic heterocycles. The van der Waals surface area contributed by atoms with E-state index in [-0.39, 0.29) is 39.2 Å². The Morgan fingerprint density at radius 1 is 0.333 bits per heavy atom. The van der Waals surface area contributed by atoms with Gasteiger partial charge in [-0.15, -0.1) is 11.3 Å². The zero-order valence-electron chi connectivity index (χ0n) is 53.1. The van der Waals surface area contributed by atoms with Crippen LogP contribution in [0.1, 0.15) is 158 Å². The second-order valence-electron chi connectivity index (χ2n) is 30.1. The number of fused-ring (bicyclic) bond motifs is 7. The van der Waals surface area contributed by atoms with Crippen LogP contribution >= 0.6 is 11.3 Å². The number of nitrogens with zero attached hydrogens (tertiary/aromatic N) is 3. The molecule has 0 N–H and O–H groups in total. The van der Waals surface area contributed by atoms with Gasteiger partial charge in [0.1, 0.15) is 11.5 Å². The van der Waals surface area contributed by atoms with Gasteiger partial charge in [-0.05, 0) is 167 Å². The summed E-state index contributed by atoms with van der Waals surface area (Å²) in [7, 11) is 0. The first-order valence-corrected chi connectivity index (χ1v) is 31.2.